The Kier molecular flexibility index (Phi) is 5.56. The van der Waals surface area contributed by atoms with Gasteiger partial charge < -0.3 is 14.5 Å². The van der Waals surface area contributed by atoms with Gasteiger partial charge in [0.05, 0.1) is 13.0 Å². The number of amides is 2. The third kappa shape index (κ3) is 3.87. The van der Waals surface area contributed by atoms with Crippen molar-refractivity contribution < 1.29 is 14.3 Å². The van der Waals surface area contributed by atoms with Gasteiger partial charge in [-0.05, 0) is 24.6 Å². The smallest absolute Gasteiger partial charge is 0.228 e. The summed E-state index contributed by atoms with van der Waals surface area (Å²) in [7, 11) is 1.60. The summed E-state index contributed by atoms with van der Waals surface area (Å²) in [5.74, 6) is 0.407. The van der Waals surface area contributed by atoms with Crippen molar-refractivity contribution in [2.45, 2.75) is 19.9 Å². The molecular formula is C21H24N2O3. The molecular weight excluding hydrogens is 328 g/mol. The van der Waals surface area contributed by atoms with Gasteiger partial charge in [0, 0.05) is 37.8 Å². The molecule has 136 valence electrons. The molecule has 26 heavy (non-hydrogen) atoms. The van der Waals surface area contributed by atoms with Gasteiger partial charge in [0.1, 0.15) is 5.75 Å². The summed E-state index contributed by atoms with van der Waals surface area (Å²) >= 11 is 0. The number of carbonyl (C=O) groups excluding carboxylic acids is 2. The molecule has 1 fully saturated rings. The van der Waals surface area contributed by atoms with Crippen LogP contribution < -0.4 is 9.64 Å². The summed E-state index contributed by atoms with van der Waals surface area (Å²) in [6.45, 7) is 3.57. The first kappa shape index (κ1) is 18.0. The highest BCUT2D eigenvalue weighted by Gasteiger charge is 2.37. The Morgan fingerprint density at radius 1 is 1.19 bits per heavy atom. The van der Waals surface area contributed by atoms with Crippen molar-refractivity contribution in [1.82, 2.24) is 4.90 Å². The Morgan fingerprint density at radius 2 is 1.96 bits per heavy atom. The van der Waals surface area contributed by atoms with Gasteiger partial charge in [0.25, 0.3) is 0 Å². The van der Waals surface area contributed by atoms with E-state index in [0.29, 0.717) is 25.4 Å². The summed E-state index contributed by atoms with van der Waals surface area (Å²) in [5.41, 5.74) is 1.87. The zero-order chi connectivity index (χ0) is 18.5. The molecule has 0 saturated carbocycles. The Balaban J connectivity index is 1.71. The molecule has 2 amide bonds. The predicted molar refractivity (Wildman–Crippen MR) is 101 cm³/mol. The number of carbonyl (C=O) groups is 2. The minimum atomic E-state index is -0.308. The molecule has 0 N–H and O–H groups in total. The van der Waals surface area contributed by atoms with Crippen LogP contribution in [0.3, 0.4) is 0 Å². The lowest BCUT2D eigenvalue weighted by molar-refractivity contribution is -0.136. The van der Waals surface area contributed by atoms with Gasteiger partial charge in [0.15, 0.2) is 0 Å². The maximum atomic E-state index is 12.9. The summed E-state index contributed by atoms with van der Waals surface area (Å²) in [5, 5.41) is 0. The maximum absolute atomic E-state index is 12.9. The van der Waals surface area contributed by atoms with Crippen LogP contribution in [0.5, 0.6) is 5.75 Å². The van der Waals surface area contributed by atoms with E-state index < -0.39 is 0 Å². The molecule has 1 aliphatic heterocycles. The van der Waals surface area contributed by atoms with Gasteiger partial charge in [0.2, 0.25) is 11.8 Å². The van der Waals surface area contributed by atoms with Gasteiger partial charge in [-0.2, -0.15) is 0 Å². The predicted octanol–water partition coefficient (Wildman–Crippen LogP) is 3.10. The van der Waals surface area contributed by atoms with Gasteiger partial charge in [-0.25, -0.2) is 0 Å². The van der Waals surface area contributed by atoms with Crippen molar-refractivity contribution in [3.05, 3.63) is 60.2 Å². The van der Waals surface area contributed by atoms with Crippen LogP contribution in [0.4, 0.5) is 5.69 Å². The fourth-order valence-corrected chi connectivity index (χ4v) is 3.31. The molecule has 0 aromatic heterocycles. The molecule has 0 spiro atoms. The van der Waals surface area contributed by atoms with Gasteiger partial charge >= 0.3 is 0 Å². The average Bonchev–Trinajstić information content (AvgIpc) is 3.08. The lowest BCUT2D eigenvalue weighted by Gasteiger charge is -2.24. The second-order valence-corrected chi connectivity index (χ2v) is 6.44. The molecule has 1 saturated heterocycles. The lowest BCUT2D eigenvalue weighted by Crippen LogP contribution is -2.37. The third-order valence-electron chi connectivity index (χ3n) is 4.75. The van der Waals surface area contributed by atoms with Crippen LogP contribution in [0.15, 0.2) is 54.6 Å². The van der Waals surface area contributed by atoms with Crippen LogP contribution in [0, 0.1) is 5.92 Å². The minimum Gasteiger partial charge on any atom is -0.497 e. The maximum Gasteiger partial charge on any atom is 0.228 e. The molecule has 2 aromatic carbocycles. The van der Waals surface area contributed by atoms with Crippen LogP contribution in [-0.4, -0.2) is 36.9 Å². The number of hydrogen-bond donors (Lipinski definition) is 0. The third-order valence-corrected chi connectivity index (χ3v) is 4.75. The number of rotatable bonds is 6. The fourth-order valence-electron chi connectivity index (χ4n) is 3.31. The van der Waals surface area contributed by atoms with Crippen molar-refractivity contribution in [2.24, 2.45) is 5.92 Å². The molecule has 5 heteroatoms. The number of nitrogens with zero attached hydrogens (tertiary/aromatic N) is 2. The lowest BCUT2D eigenvalue weighted by atomic mass is 10.1. The van der Waals surface area contributed by atoms with E-state index in [9.17, 15) is 9.59 Å². The van der Waals surface area contributed by atoms with Crippen LogP contribution in [0.1, 0.15) is 18.9 Å². The van der Waals surface area contributed by atoms with Crippen molar-refractivity contribution in [1.29, 1.82) is 0 Å². The van der Waals surface area contributed by atoms with Crippen LogP contribution in [-0.2, 0) is 16.1 Å². The van der Waals surface area contributed by atoms with E-state index in [1.807, 2.05) is 66.4 Å². The number of hydrogen-bond acceptors (Lipinski definition) is 3. The van der Waals surface area contributed by atoms with Gasteiger partial charge in [-0.1, -0.05) is 36.4 Å². The summed E-state index contributed by atoms with van der Waals surface area (Å²) < 4.78 is 5.23. The molecule has 2 aromatic rings. The van der Waals surface area contributed by atoms with E-state index in [-0.39, 0.29) is 24.2 Å². The van der Waals surface area contributed by atoms with Gasteiger partial charge in [-0.3, -0.25) is 9.59 Å². The highest BCUT2D eigenvalue weighted by Crippen LogP contribution is 2.29. The first-order chi connectivity index (χ1) is 12.6. The first-order valence-corrected chi connectivity index (χ1v) is 8.89. The minimum absolute atomic E-state index is 0.0210. The highest BCUT2D eigenvalue weighted by atomic mass is 16.5. The van der Waals surface area contributed by atoms with Crippen LogP contribution in [0.2, 0.25) is 0 Å². The number of benzene rings is 2. The molecule has 1 atom stereocenters. The molecule has 0 radical (unpaired) electrons. The largest absolute Gasteiger partial charge is 0.497 e. The van der Waals surface area contributed by atoms with E-state index in [2.05, 4.69) is 0 Å². The number of methoxy groups -OCH3 is 1. The second-order valence-electron chi connectivity index (χ2n) is 6.44. The quantitative estimate of drug-likeness (QED) is 0.803. The van der Waals surface area contributed by atoms with Crippen LogP contribution >= 0.6 is 0 Å². The molecule has 5 nitrogen and oxygen atoms in total. The van der Waals surface area contributed by atoms with E-state index in [1.165, 1.54) is 0 Å². The zero-order valence-electron chi connectivity index (χ0n) is 15.2. The van der Waals surface area contributed by atoms with Crippen molar-refractivity contribution in [3.63, 3.8) is 0 Å². The van der Waals surface area contributed by atoms with Crippen molar-refractivity contribution in [3.8, 4) is 5.75 Å². The second kappa shape index (κ2) is 8.04. The first-order valence-electron chi connectivity index (χ1n) is 8.89. The fraction of sp³-hybridized carbons (Fsp3) is 0.333. The normalized spacial score (nSPS) is 16.6. The SMILES string of the molecule is CCN(Cc1ccccc1)C(=O)[C@@H]1CC(=O)N(c2cccc(OC)c2)C1. The standard InChI is InChI=1S/C21H24N2O3/c1-3-22(14-16-8-5-4-6-9-16)21(25)17-12-20(24)23(15-17)18-10-7-11-19(13-18)26-2/h4-11,13,17H,3,12,14-15H2,1-2H3/t17-/m1/s1. The average molecular weight is 352 g/mol. The van der Waals surface area contributed by atoms with E-state index in [4.69, 9.17) is 4.74 Å². The summed E-state index contributed by atoms with van der Waals surface area (Å²) in [4.78, 5) is 28.9. The molecule has 1 heterocycles. The Bertz CT molecular complexity index is 776. The number of anilines is 1. The highest BCUT2D eigenvalue weighted by molar-refractivity contribution is 6.00. The van der Waals surface area contributed by atoms with E-state index >= 15 is 0 Å². The van der Waals surface area contributed by atoms with E-state index in [1.54, 1.807) is 12.0 Å². The summed E-state index contributed by atoms with van der Waals surface area (Å²) in [6, 6.07) is 17.3. The zero-order valence-corrected chi connectivity index (χ0v) is 15.2. The topological polar surface area (TPSA) is 49.9 Å². The van der Waals surface area contributed by atoms with Crippen LogP contribution in [0.25, 0.3) is 0 Å². The molecule has 0 unspecified atom stereocenters. The van der Waals surface area contributed by atoms with Gasteiger partial charge in [-0.15, -0.1) is 0 Å². The Hall–Kier alpha value is -2.82. The Labute approximate surface area is 154 Å². The molecule has 0 bridgehead atoms. The molecule has 0 aliphatic carbocycles. The van der Waals surface area contributed by atoms with E-state index in [0.717, 1.165) is 11.3 Å². The van der Waals surface area contributed by atoms with Crippen molar-refractivity contribution >= 4 is 17.5 Å². The Morgan fingerprint density at radius 3 is 2.65 bits per heavy atom. The summed E-state index contributed by atoms with van der Waals surface area (Å²) in [6.07, 6.45) is 0.251. The molecule has 1 aliphatic rings. The van der Waals surface area contributed by atoms with Crippen molar-refractivity contribution in [2.75, 3.05) is 25.1 Å². The number of ether oxygens (including phenoxy) is 1. The monoisotopic (exact) mass is 352 g/mol. The molecule has 3 rings (SSSR count).